The fourth-order valence-corrected chi connectivity index (χ4v) is 2.01. The quantitative estimate of drug-likeness (QED) is 0.799. The lowest BCUT2D eigenvalue weighted by atomic mass is 10.1. The lowest BCUT2D eigenvalue weighted by Crippen LogP contribution is -2.25. The van der Waals surface area contributed by atoms with E-state index in [4.69, 9.17) is 5.73 Å². The maximum Gasteiger partial charge on any atom is 0.244 e. The Hall–Kier alpha value is -2.39. The summed E-state index contributed by atoms with van der Waals surface area (Å²) in [6.07, 6.45) is 4.06. The smallest absolute Gasteiger partial charge is 0.244 e. The van der Waals surface area contributed by atoms with Gasteiger partial charge in [-0.05, 0) is 23.6 Å². The van der Waals surface area contributed by atoms with Crippen LogP contribution in [0.5, 0.6) is 0 Å². The van der Waals surface area contributed by atoms with Crippen LogP contribution in [-0.4, -0.2) is 12.5 Å². The Bertz CT molecular complexity index is 579. The second-order valence-corrected chi connectivity index (χ2v) is 4.84. The second kappa shape index (κ2) is 8.02. The molecule has 0 bridgehead atoms. The average molecular weight is 280 g/mol. The Morgan fingerprint density at radius 1 is 1.05 bits per heavy atom. The highest BCUT2D eigenvalue weighted by atomic mass is 16.1. The molecule has 0 spiro atoms. The molecule has 3 heteroatoms. The zero-order chi connectivity index (χ0) is 14.9. The van der Waals surface area contributed by atoms with E-state index < -0.39 is 0 Å². The van der Waals surface area contributed by atoms with Gasteiger partial charge in [0.05, 0.1) is 0 Å². The van der Waals surface area contributed by atoms with E-state index >= 15 is 0 Å². The van der Waals surface area contributed by atoms with Crippen molar-refractivity contribution in [3.63, 3.8) is 0 Å². The molecule has 3 nitrogen and oxygen atoms in total. The van der Waals surface area contributed by atoms with E-state index in [0.717, 1.165) is 17.5 Å². The zero-order valence-corrected chi connectivity index (χ0v) is 11.9. The standard InChI is InChI=1S/C18H20N2O/c19-17(16-9-5-2-6-10-16)13-14-20-18(21)12-11-15-7-3-1-4-8-15/h1-12,17H,13-14,19H2,(H,20,21)/b12-11+. The molecule has 0 aliphatic heterocycles. The summed E-state index contributed by atoms with van der Waals surface area (Å²) in [5.74, 6) is -0.0980. The van der Waals surface area contributed by atoms with E-state index in [9.17, 15) is 4.79 Å². The fraction of sp³-hybridized carbons (Fsp3) is 0.167. The van der Waals surface area contributed by atoms with Crippen molar-refractivity contribution in [2.24, 2.45) is 5.73 Å². The number of amides is 1. The Morgan fingerprint density at radius 2 is 1.67 bits per heavy atom. The molecule has 0 saturated heterocycles. The minimum Gasteiger partial charge on any atom is -0.352 e. The van der Waals surface area contributed by atoms with E-state index in [1.165, 1.54) is 0 Å². The van der Waals surface area contributed by atoms with E-state index in [0.29, 0.717) is 6.54 Å². The molecular formula is C18H20N2O. The molecule has 0 radical (unpaired) electrons. The van der Waals surface area contributed by atoms with Crippen LogP contribution in [0.3, 0.4) is 0 Å². The van der Waals surface area contributed by atoms with Gasteiger partial charge in [0, 0.05) is 18.7 Å². The van der Waals surface area contributed by atoms with Gasteiger partial charge in [-0.15, -0.1) is 0 Å². The average Bonchev–Trinajstić information content (AvgIpc) is 2.54. The van der Waals surface area contributed by atoms with Crippen LogP contribution in [0.2, 0.25) is 0 Å². The normalized spacial score (nSPS) is 12.2. The van der Waals surface area contributed by atoms with Gasteiger partial charge in [-0.25, -0.2) is 0 Å². The molecule has 108 valence electrons. The minimum absolute atomic E-state index is 0.0513. The molecule has 0 aliphatic rings. The molecule has 1 unspecified atom stereocenters. The summed E-state index contributed by atoms with van der Waals surface area (Å²) in [6.45, 7) is 0.564. The summed E-state index contributed by atoms with van der Waals surface area (Å²) in [4.78, 5) is 11.7. The van der Waals surface area contributed by atoms with Gasteiger partial charge in [-0.3, -0.25) is 4.79 Å². The summed E-state index contributed by atoms with van der Waals surface area (Å²) in [7, 11) is 0. The van der Waals surface area contributed by atoms with Gasteiger partial charge in [-0.2, -0.15) is 0 Å². The molecule has 0 saturated carbocycles. The molecular weight excluding hydrogens is 260 g/mol. The first kappa shape index (κ1) is 15.0. The first-order chi connectivity index (χ1) is 10.3. The molecule has 0 aliphatic carbocycles. The summed E-state index contributed by atoms with van der Waals surface area (Å²) >= 11 is 0. The van der Waals surface area contributed by atoms with E-state index in [-0.39, 0.29) is 11.9 Å². The molecule has 2 aromatic rings. The molecule has 3 N–H and O–H groups in total. The van der Waals surface area contributed by atoms with Gasteiger partial charge >= 0.3 is 0 Å². The van der Waals surface area contributed by atoms with Crippen molar-refractivity contribution in [2.75, 3.05) is 6.54 Å². The molecule has 21 heavy (non-hydrogen) atoms. The van der Waals surface area contributed by atoms with Crippen LogP contribution in [0.1, 0.15) is 23.6 Å². The van der Waals surface area contributed by atoms with E-state index in [1.807, 2.05) is 60.7 Å². The third-order valence-electron chi connectivity index (χ3n) is 3.21. The Balaban J connectivity index is 1.73. The van der Waals surface area contributed by atoms with Crippen molar-refractivity contribution in [3.05, 3.63) is 77.9 Å². The SMILES string of the molecule is NC(CCNC(=O)/C=C/c1ccccc1)c1ccccc1. The summed E-state index contributed by atoms with van der Waals surface area (Å²) in [5.41, 5.74) is 8.17. The van der Waals surface area contributed by atoms with Crippen LogP contribution in [0, 0.1) is 0 Å². The van der Waals surface area contributed by atoms with Crippen LogP contribution in [-0.2, 0) is 4.79 Å². The number of rotatable bonds is 6. The number of nitrogens with two attached hydrogens (primary N) is 1. The largest absolute Gasteiger partial charge is 0.352 e. The molecule has 2 aromatic carbocycles. The number of hydrogen-bond acceptors (Lipinski definition) is 2. The van der Waals surface area contributed by atoms with Gasteiger partial charge in [0.1, 0.15) is 0 Å². The first-order valence-corrected chi connectivity index (χ1v) is 7.07. The number of hydrogen-bond donors (Lipinski definition) is 2. The van der Waals surface area contributed by atoms with Gasteiger partial charge in [-0.1, -0.05) is 60.7 Å². The minimum atomic E-state index is -0.0980. The summed E-state index contributed by atoms with van der Waals surface area (Å²) in [5, 5.41) is 2.85. The van der Waals surface area contributed by atoms with Crippen LogP contribution in [0.4, 0.5) is 0 Å². The number of nitrogens with one attached hydrogen (secondary N) is 1. The van der Waals surface area contributed by atoms with Crippen molar-refractivity contribution >= 4 is 12.0 Å². The molecule has 1 atom stereocenters. The van der Waals surface area contributed by atoms with Crippen molar-refractivity contribution < 1.29 is 4.79 Å². The first-order valence-electron chi connectivity index (χ1n) is 7.07. The van der Waals surface area contributed by atoms with Gasteiger partial charge < -0.3 is 11.1 Å². The van der Waals surface area contributed by atoms with Gasteiger partial charge in [0.2, 0.25) is 5.91 Å². The third-order valence-corrected chi connectivity index (χ3v) is 3.21. The topological polar surface area (TPSA) is 55.1 Å². The van der Waals surface area contributed by atoms with Crippen molar-refractivity contribution in [1.82, 2.24) is 5.32 Å². The predicted octanol–water partition coefficient (Wildman–Crippen LogP) is 2.91. The summed E-state index contributed by atoms with van der Waals surface area (Å²) in [6, 6.07) is 19.6. The Kier molecular flexibility index (Phi) is 5.73. The maximum atomic E-state index is 11.7. The van der Waals surface area contributed by atoms with Crippen LogP contribution in [0.25, 0.3) is 6.08 Å². The monoisotopic (exact) mass is 280 g/mol. The van der Waals surface area contributed by atoms with Crippen LogP contribution < -0.4 is 11.1 Å². The number of benzene rings is 2. The highest BCUT2D eigenvalue weighted by Crippen LogP contribution is 2.12. The lowest BCUT2D eigenvalue weighted by Gasteiger charge is -2.11. The van der Waals surface area contributed by atoms with Crippen LogP contribution in [0.15, 0.2) is 66.7 Å². The molecule has 0 fully saturated rings. The second-order valence-electron chi connectivity index (χ2n) is 4.84. The van der Waals surface area contributed by atoms with Crippen molar-refractivity contribution in [3.8, 4) is 0 Å². The Labute approximate surface area is 125 Å². The molecule has 1 amide bonds. The van der Waals surface area contributed by atoms with Gasteiger partial charge in [0.25, 0.3) is 0 Å². The zero-order valence-electron chi connectivity index (χ0n) is 11.9. The number of carbonyl (C=O) groups is 1. The Morgan fingerprint density at radius 3 is 2.33 bits per heavy atom. The highest BCUT2D eigenvalue weighted by Gasteiger charge is 2.05. The molecule has 2 rings (SSSR count). The van der Waals surface area contributed by atoms with Crippen molar-refractivity contribution in [2.45, 2.75) is 12.5 Å². The molecule has 0 heterocycles. The lowest BCUT2D eigenvalue weighted by molar-refractivity contribution is -0.116. The van der Waals surface area contributed by atoms with E-state index in [2.05, 4.69) is 5.32 Å². The predicted molar refractivity (Wildman–Crippen MR) is 86.5 cm³/mol. The van der Waals surface area contributed by atoms with E-state index in [1.54, 1.807) is 12.2 Å². The van der Waals surface area contributed by atoms with Crippen molar-refractivity contribution in [1.29, 1.82) is 0 Å². The van der Waals surface area contributed by atoms with Crippen LogP contribution >= 0.6 is 0 Å². The highest BCUT2D eigenvalue weighted by molar-refractivity contribution is 5.91. The van der Waals surface area contributed by atoms with Gasteiger partial charge in [0.15, 0.2) is 0 Å². The third kappa shape index (κ3) is 5.24. The number of carbonyl (C=O) groups excluding carboxylic acids is 1. The fourth-order valence-electron chi connectivity index (χ4n) is 2.01. The maximum absolute atomic E-state index is 11.7. The summed E-state index contributed by atoms with van der Waals surface area (Å²) < 4.78 is 0. The molecule has 0 aromatic heterocycles.